The molecule has 0 aromatic rings. The molecule has 104 valence electrons. The number of hydrogen-bond acceptors (Lipinski definition) is 1. The number of ketones is 1. The average Bonchev–Trinajstić information content (AvgIpc) is 2.42. The molecule has 0 aromatic heterocycles. The normalized spacial score (nSPS) is 30.6. The van der Waals surface area contributed by atoms with Crippen molar-refractivity contribution in [3.8, 4) is 0 Å². The Hall–Kier alpha value is -0.330. The largest absolute Gasteiger partial charge is 0.299 e. The fourth-order valence-corrected chi connectivity index (χ4v) is 4.36. The topological polar surface area (TPSA) is 17.1 Å². The standard InChI is InChI=1S/C17H30O/c1-2-3-8-13-17(14-9-7-12-16(17)18)15-10-5-4-6-11-15/h15H,2-14H2,1H3. The molecule has 0 amide bonds. The van der Waals surface area contributed by atoms with E-state index in [1.807, 2.05) is 0 Å². The number of carbonyl (C=O) groups is 1. The predicted molar refractivity (Wildman–Crippen MR) is 76.6 cm³/mol. The van der Waals surface area contributed by atoms with Gasteiger partial charge in [0.15, 0.2) is 0 Å². The van der Waals surface area contributed by atoms with Gasteiger partial charge in [-0.15, -0.1) is 0 Å². The molecule has 2 aliphatic carbocycles. The van der Waals surface area contributed by atoms with E-state index in [4.69, 9.17) is 0 Å². The van der Waals surface area contributed by atoms with Crippen LogP contribution < -0.4 is 0 Å². The van der Waals surface area contributed by atoms with Gasteiger partial charge in [0.2, 0.25) is 0 Å². The second-order valence-electron chi connectivity index (χ2n) is 6.58. The minimum Gasteiger partial charge on any atom is -0.299 e. The van der Waals surface area contributed by atoms with Crippen LogP contribution in [-0.4, -0.2) is 5.78 Å². The van der Waals surface area contributed by atoms with E-state index in [2.05, 4.69) is 6.92 Å². The average molecular weight is 250 g/mol. The smallest absolute Gasteiger partial charge is 0.139 e. The maximum atomic E-state index is 12.6. The zero-order valence-corrected chi connectivity index (χ0v) is 12.2. The van der Waals surface area contributed by atoms with E-state index in [1.54, 1.807) is 0 Å². The molecular weight excluding hydrogens is 220 g/mol. The summed E-state index contributed by atoms with van der Waals surface area (Å²) >= 11 is 0. The van der Waals surface area contributed by atoms with E-state index in [0.717, 1.165) is 18.8 Å². The van der Waals surface area contributed by atoms with Gasteiger partial charge in [-0.25, -0.2) is 0 Å². The summed E-state index contributed by atoms with van der Waals surface area (Å²) in [6, 6.07) is 0. The van der Waals surface area contributed by atoms with Gasteiger partial charge in [-0.1, -0.05) is 51.9 Å². The third-order valence-corrected chi connectivity index (χ3v) is 5.45. The molecule has 1 unspecified atom stereocenters. The Morgan fingerprint density at radius 1 is 1.06 bits per heavy atom. The Bertz CT molecular complexity index is 265. The van der Waals surface area contributed by atoms with Gasteiger partial charge < -0.3 is 0 Å². The molecule has 0 saturated heterocycles. The lowest BCUT2D eigenvalue weighted by Gasteiger charge is -2.44. The lowest BCUT2D eigenvalue weighted by Crippen LogP contribution is -2.42. The number of rotatable bonds is 5. The Morgan fingerprint density at radius 3 is 2.50 bits per heavy atom. The van der Waals surface area contributed by atoms with Gasteiger partial charge in [-0.3, -0.25) is 4.79 Å². The summed E-state index contributed by atoms with van der Waals surface area (Å²) in [6.45, 7) is 2.26. The number of hydrogen-bond donors (Lipinski definition) is 0. The Kier molecular flexibility index (Phi) is 5.26. The third-order valence-electron chi connectivity index (χ3n) is 5.45. The molecule has 1 atom stereocenters. The minimum atomic E-state index is 0.119. The molecule has 2 aliphatic rings. The van der Waals surface area contributed by atoms with Gasteiger partial charge in [-0.2, -0.15) is 0 Å². The summed E-state index contributed by atoms with van der Waals surface area (Å²) in [5.41, 5.74) is 0.119. The Balaban J connectivity index is 2.06. The molecular formula is C17H30O. The SMILES string of the molecule is CCCCCC1(C2CCCCC2)CCCCC1=O. The summed E-state index contributed by atoms with van der Waals surface area (Å²) in [4.78, 5) is 12.6. The van der Waals surface area contributed by atoms with E-state index in [0.29, 0.717) is 5.78 Å². The molecule has 0 heterocycles. The van der Waals surface area contributed by atoms with E-state index in [1.165, 1.54) is 70.6 Å². The van der Waals surface area contributed by atoms with Crippen molar-refractivity contribution in [2.75, 3.05) is 0 Å². The lowest BCUT2D eigenvalue weighted by molar-refractivity contribution is -0.137. The fraction of sp³-hybridized carbons (Fsp3) is 0.941. The minimum absolute atomic E-state index is 0.119. The number of Topliss-reactive ketones (excluding diaryl/α,β-unsaturated/α-hetero) is 1. The summed E-state index contributed by atoms with van der Waals surface area (Å²) in [7, 11) is 0. The summed E-state index contributed by atoms with van der Waals surface area (Å²) in [5.74, 6) is 1.37. The van der Waals surface area contributed by atoms with Crippen LogP contribution >= 0.6 is 0 Å². The van der Waals surface area contributed by atoms with Gasteiger partial charge in [0, 0.05) is 11.8 Å². The molecule has 0 bridgehead atoms. The van der Waals surface area contributed by atoms with Crippen LogP contribution in [0.25, 0.3) is 0 Å². The van der Waals surface area contributed by atoms with Gasteiger partial charge >= 0.3 is 0 Å². The van der Waals surface area contributed by atoms with Crippen molar-refractivity contribution in [2.45, 2.75) is 90.4 Å². The first-order valence-corrected chi connectivity index (χ1v) is 8.33. The predicted octanol–water partition coefficient (Wildman–Crippen LogP) is 5.28. The molecule has 0 spiro atoms. The van der Waals surface area contributed by atoms with Crippen molar-refractivity contribution in [3.05, 3.63) is 0 Å². The highest BCUT2D eigenvalue weighted by molar-refractivity contribution is 5.85. The highest BCUT2D eigenvalue weighted by atomic mass is 16.1. The van der Waals surface area contributed by atoms with Crippen molar-refractivity contribution in [1.29, 1.82) is 0 Å². The van der Waals surface area contributed by atoms with Crippen LogP contribution in [0.15, 0.2) is 0 Å². The summed E-state index contributed by atoms with van der Waals surface area (Å²) < 4.78 is 0. The number of unbranched alkanes of at least 4 members (excludes halogenated alkanes) is 2. The second kappa shape index (κ2) is 6.73. The van der Waals surface area contributed by atoms with E-state index in [9.17, 15) is 4.79 Å². The zero-order valence-electron chi connectivity index (χ0n) is 12.2. The van der Waals surface area contributed by atoms with E-state index in [-0.39, 0.29) is 5.41 Å². The van der Waals surface area contributed by atoms with Crippen LogP contribution in [0.4, 0.5) is 0 Å². The molecule has 2 saturated carbocycles. The first-order valence-electron chi connectivity index (χ1n) is 8.33. The van der Waals surface area contributed by atoms with Gasteiger partial charge in [-0.05, 0) is 38.0 Å². The van der Waals surface area contributed by atoms with Crippen molar-refractivity contribution < 1.29 is 4.79 Å². The molecule has 0 N–H and O–H groups in total. The van der Waals surface area contributed by atoms with Crippen molar-refractivity contribution in [1.82, 2.24) is 0 Å². The summed E-state index contributed by atoms with van der Waals surface area (Å²) in [5, 5.41) is 0. The molecule has 2 fully saturated rings. The fourth-order valence-electron chi connectivity index (χ4n) is 4.36. The van der Waals surface area contributed by atoms with Gasteiger partial charge in [0.1, 0.15) is 5.78 Å². The molecule has 1 heteroatoms. The van der Waals surface area contributed by atoms with Crippen LogP contribution in [0, 0.1) is 11.3 Å². The van der Waals surface area contributed by atoms with Gasteiger partial charge in [0.05, 0.1) is 0 Å². The highest BCUT2D eigenvalue weighted by Gasteiger charge is 2.45. The summed E-state index contributed by atoms with van der Waals surface area (Å²) in [6.07, 6.45) is 16.4. The van der Waals surface area contributed by atoms with Crippen molar-refractivity contribution in [2.24, 2.45) is 11.3 Å². The molecule has 1 nitrogen and oxygen atoms in total. The molecule has 0 aliphatic heterocycles. The molecule has 18 heavy (non-hydrogen) atoms. The maximum absolute atomic E-state index is 12.6. The van der Waals surface area contributed by atoms with Crippen LogP contribution in [0.1, 0.15) is 90.4 Å². The van der Waals surface area contributed by atoms with Crippen LogP contribution in [0.2, 0.25) is 0 Å². The zero-order chi connectivity index (χ0) is 12.8. The number of carbonyl (C=O) groups excluding carboxylic acids is 1. The van der Waals surface area contributed by atoms with Crippen molar-refractivity contribution >= 4 is 5.78 Å². The third kappa shape index (κ3) is 2.97. The van der Waals surface area contributed by atoms with Crippen molar-refractivity contribution in [3.63, 3.8) is 0 Å². The second-order valence-corrected chi connectivity index (χ2v) is 6.58. The monoisotopic (exact) mass is 250 g/mol. The maximum Gasteiger partial charge on any atom is 0.139 e. The molecule has 2 rings (SSSR count). The molecule has 0 aromatic carbocycles. The molecule has 0 radical (unpaired) electrons. The highest BCUT2D eigenvalue weighted by Crippen LogP contribution is 2.49. The van der Waals surface area contributed by atoms with Crippen LogP contribution in [-0.2, 0) is 4.79 Å². The Labute approximate surface area is 113 Å². The van der Waals surface area contributed by atoms with E-state index >= 15 is 0 Å². The Morgan fingerprint density at radius 2 is 1.83 bits per heavy atom. The first kappa shape index (κ1) is 14.1. The van der Waals surface area contributed by atoms with Crippen LogP contribution in [0.3, 0.4) is 0 Å². The quantitative estimate of drug-likeness (QED) is 0.607. The lowest BCUT2D eigenvalue weighted by atomic mass is 9.59. The van der Waals surface area contributed by atoms with Gasteiger partial charge in [0.25, 0.3) is 0 Å². The van der Waals surface area contributed by atoms with Crippen LogP contribution in [0.5, 0.6) is 0 Å². The van der Waals surface area contributed by atoms with E-state index < -0.39 is 0 Å². The first-order chi connectivity index (χ1) is 8.79.